The van der Waals surface area contributed by atoms with E-state index in [-0.39, 0.29) is 10.8 Å². The van der Waals surface area contributed by atoms with Crippen LogP contribution in [0.15, 0.2) is 218 Å². The molecule has 0 unspecified atom stereocenters. The van der Waals surface area contributed by atoms with E-state index in [2.05, 4.69) is 246 Å². The summed E-state index contributed by atoms with van der Waals surface area (Å²) in [4.78, 5) is 0. The third-order valence-electron chi connectivity index (χ3n) is 16.0. The molecule has 2 aliphatic rings. The minimum Gasteiger partial charge on any atom is -0.0619 e. The standard InChI is InChI=1S/C68H48/c1-67(2)62-16-10-9-14-56(62)57-30-28-49(39-63(57)67)50-29-32-59-58-31-27-48(38-64(58)68(3,4)65(59)40-50)46-24-23-43-33-45(22-21-44(43)34-46)47-20-17-41-18-25-51(36-53(41)35-47)61-37-52-26-19-42-11-5-6-12-54(42)66(52)60-15-8-7-13-55(60)61/h5-40H,1-4H3. The number of fused-ring (bicyclic) bond motifs is 13. The van der Waals surface area contributed by atoms with Crippen LogP contribution in [0.3, 0.4) is 0 Å². The molecule has 0 aliphatic heterocycles. The van der Waals surface area contributed by atoms with Gasteiger partial charge in [-0.2, -0.15) is 0 Å². The van der Waals surface area contributed by atoms with Crippen LogP contribution in [0.1, 0.15) is 49.9 Å². The Labute approximate surface area is 397 Å². The number of hydrogen-bond donors (Lipinski definition) is 0. The molecule has 68 heavy (non-hydrogen) atoms. The highest BCUT2D eigenvalue weighted by Crippen LogP contribution is 2.53. The van der Waals surface area contributed by atoms with Crippen molar-refractivity contribution in [2.75, 3.05) is 0 Å². The van der Waals surface area contributed by atoms with Crippen LogP contribution in [0.25, 0.3) is 121 Å². The first-order valence-electron chi connectivity index (χ1n) is 24.1. The molecule has 0 radical (unpaired) electrons. The Morgan fingerprint density at radius 3 is 1.24 bits per heavy atom. The normalized spacial score (nSPS) is 14.1. The van der Waals surface area contributed by atoms with Gasteiger partial charge in [-0.15, -0.1) is 0 Å². The number of benzene rings is 12. The largest absolute Gasteiger partial charge is 0.0619 e. The predicted octanol–water partition coefficient (Wildman–Crippen LogP) is 18.7. The lowest BCUT2D eigenvalue weighted by Gasteiger charge is -2.23. The topological polar surface area (TPSA) is 0 Å². The van der Waals surface area contributed by atoms with E-state index in [1.807, 2.05) is 0 Å². The van der Waals surface area contributed by atoms with Crippen LogP contribution < -0.4 is 0 Å². The first-order valence-corrected chi connectivity index (χ1v) is 24.1. The van der Waals surface area contributed by atoms with Gasteiger partial charge in [0.15, 0.2) is 0 Å². The summed E-state index contributed by atoms with van der Waals surface area (Å²) in [5.74, 6) is 0. The van der Waals surface area contributed by atoms with Crippen LogP contribution in [0, 0.1) is 0 Å². The van der Waals surface area contributed by atoms with Crippen molar-refractivity contribution >= 4 is 53.9 Å². The molecular weight excluding hydrogens is 817 g/mol. The Balaban J connectivity index is 0.766. The van der Waals surface area contributed by atoms with Crippen LogP contribution in [-0.4, -0.2) is 0 Å². The van der Waals surface area contributed by atoms with Gasteiger partial charge >= 0.3 is 0 Å². The van der Waals surface area contributed by atoms with Gasteiger partial charge in [0.25, 0.3) is 0 Å². The van der Waals surface area contributed by atoms with Crippen LogP contribution >= 0.6 is 0 Å². The van der Waals surface area contributed by atoms with Crippen molar-refractivity contribution in [3.63, 3.8) is 0 Å². The van der Waals surface area contributed by atoms with E-state index in [1.54, 1.807) is 0 Å². The van der Waals surface area contributed by atoms with Crippen molar-refractivity contribution < 1.29 is 0 Å². The lowest BCUT2D eigenvalue weighted by Crippen LogP contribution is -2.15. The summed E-state index contributed by atoms with van der Waals surface area (Å²) < 4.78 is 0. The minimum atomic E-state index is -0.131. The Kier molecular flexibility index (Phi) is 8.19. The van der Waals surface area contributed by atoms with Gasteiger partial charge in [-0.1, -0.05) is 198 Å². The molecule has 0 aromatic heterocycles. The van der Waals surface area contributed by atoms with Gasteiger partial charge in [-0.05, 0) is 191 Å². The first kappa shape index (κ1) is 39.1. The molecule has 0 nitrogen and oxygen atoms in total. The van der Waals surface area contributed by atoms with E-state index in [0.717, 1.165) is 0 Å². The quantitative estimate of drug-likeness (QED) is 0.155. The van der Waals surface area contributed by atoms with Crippen molar-refractivity contribution in [3.8, 4) is 66.8 Å². The van der Waals surface area contributed by atoms with Gasteiger partial charge in [-0.3, -0.25) is 0 Å². The average molecular weight is 865 g/mol. The van der Waals surface area contributed by atoms with E-state index in [4.69, 9.17) is 0 Å². The van der Waals surface area contributed by atoms with Crippen LogP contribution in [0.4, 0.5) is 0 Å². The minimum absolute atomic E-state index is 0.0224. The zero-order valence-electron chi connectivity index (χ0n) is 38.8. The maximum absolute atomic E-state index is 2.46. The molecule has 12 aromatic rings. The molecule has 0 heteroatoms. The molecule has 14 rings (SSSR count). The molecule has 0 amide bonds. The van der Waals surface area contributed by atoms with E-state index in [9.17, 15) is 0 Å². The van der Waals surface area contributed by atoms with E-state index < -0.39 is 0 Å². The Bertz CT molecular complexity index is 4140. The maximum atomic E-state index is 2.46. The van der Waals surface area contributed by atoms with Crippen LogP contribution in [-0.2, 0) is 10.8 Å². The summed E-state index contributed by atoms with van der Waals surface area (Å²) in [6.45, 7) is 9.53. The third-order valence-corrected chi connectivity index (χ3v) is 16.0. The van der Waals surface area contributed by atoms with Crippen molar-refractivity contribution in [1.82, 2.24) is 0 Å². The summed E-state index contributed by atoms with van der Waals surface area (Å²) in [7, 11) is 0. The lowest BCUT2D eigenvalue weighted by atomic mass is 9.80. The summed E-state index contributed by atoms with van der Waals surface area (Å²) in [6, 6.07) is 82.6. The van der Waals surface area contributed by atoms with E-state index >= 15 is 0 Å². The van der Waals surface area contributed by atoms with Crippen molar-refractivity contribution in [2.45, 2.75) is 38.5 Å². The maximum Gasteiger partial charge on any atom is 0.0159 e. The fraction of sp³-hybridized carbons (Fsp3) is 0.0882. The molecule has 12 aromatic carbocycles. The Morgan fingerprint density at radius 1 is 0.221 bits per heavy atom. The third kappa shape index (κ3) is 5.74. The van der Waals surface area contributed by atoms with Gasteiger partial charge in [0.1, 0.15) is 0 Å². The number of hydrogen-bond acceptors (Lipinski definition) is 0. The SMILES string of the molecule is CC1(C)c2ccccc2-c2ccc(-c3ccc4c(c3)C(C)(C)c3cc(-c5ccc6cc(-c7ccc8ccc(-c9cc%10ccc%11ccccc%11c%10c%10ccccc9%10)cc8c7)ccc6c5)ccc3-4)cc21. The van der Waals surface area contributed by atoms with Gasteiger partial charge in [0, 0.05) is 10.8 Å². The Hall–Kier alpha value is -8.06. The second-order valence-corrected chi connectivity index (χ2v) is 20.5. The average Bonchev–Trinajstić information content (AvgIpc) is 3.75. The highest BCUT2D eigenvalue weighted by atomic mass is 14.4. The summed E-state index contributed by atoms with van der Waals surface area (Å²) >= 11 is 0. The monoisotopic (exact) mass is 864 g/mol. The summed E-state index contributed by atoms with van der Waals surface area (Å²) in [5.41, 5.74) is 20.9. The van der Waals surface area contributed by atoms with Crippen LogP contribution in [0.2, 0.25) is 0 Å². The molecule has 0 bridgehead atoms. The van der Waals surface area contributed by atoms with E-state index in [1.165, 1.54) is 143 Å². The molecule has 320 valence electrons. The van der Waals surface area contributed by atoms with Crippen molar-refractivity contribution in [1.29, 1.82) is 0 Å². The van der Waals surface area contributed by atoms with Gasteiger partial charge in [-0.25, -0.2) is 0 Å². The van der Waals surface area contributed by atoms with Gasteiger partial charge in [0.2, 0.25) is 0 Å². The highest BCUT2D eigenvalue weighted by molar-refractivity contribution is 6.23. The predicted molar refractivity (Wildman–Crippen MR) is 291 cm³/mol. The smallest absolute Gasteiger partial charge is 0.0159 e. The van der Waals surface area contributed by atoms with Gasteiger partial charge in [0.05, 0.1) is 0 Å². The van der Waals surface area contributed by atoms with Gasteiger partial charge < -0.3 is 0 Å². The van der Waals surface area contributed by atoms with E-state index in [0.29, 0.717) is 0 Å². The fourth-order valence-corrected chi connectivity index (χ4v) is 12.3. The molecule has 0 N–H and O–H groups in total. The molecule has 0 spiro atoms. The molecule has 0 saturated carbocycles. The van der Waals surface area contributed by atoms with Crippen molar-refractivity contribution in [3.05, 3.63) is 241 Å². The Morgan fingerprint density at radius 2 is 0.618 bits per heavy atom. The zero-order valence-corrected chi connectivity index (χ0v) is 38.8. The van der Waals surface area contributed by atoms with Crippen molar-refractivity contribution in [2.24, 2.45) is 0 Å². The summed E-state index contributed by atoms with van der Waals surface area (Å²) in [5, 5.41) is 12.7. The molecule has 0 atom stereocenters. The molecule has 0 saturated heterocycles. The second-order valence-electron chi connectivity index (χ2n) is 20.5. The first-order chi connectivity index (χ1) is 33.2. The molecule has 0 heterocycles. The fourth-order valence-electron chi connectivity index (χ4n) is 12.3. The summed E-state index contributed by atoms with van der Waals surface area (Å²) in [6.07, 6.45) is 0. The molecule has 0 fully saturated rings. The highest BCUT2D eigenvalue weighted by Gasteiger charge is 2.37. The number of rotatable bonds is 4. The second kappa shape index (κ2) is 14.2. The zero-order chi connectivity index (χ0) is 45.5. The van der Waals surface area contributed by atoms with Crippen LogP contribution in [0.5, 0.6) is 0 Å². The molecular formula is C68H48. The lowest BCUT2D eigenvalue weighted by molar-refractivity contribution is 0.659. The molecule has 2 aliphatic carbocycles.